The third kappa shape index (κ3) is 3.88. The van der Waals surface area contributed by atoms with Crippen LogP contribution >= 0.6 is 11.6 Å². The molecule has 1 aromatic carbocycles. The maximum Gasteiger partial charge on any atom is 0.179 e. The number of nitrogens with one attached hydrogen (secondary N) is 1. The summed E-state index contributed by atoms with van der Waals surface area (Å²) in [7, 11) is 3.19. The Balaban J connectivity index is 3.12. The summed E-state index contributed by atoms with van der Waals surface area (Å²) >= 11 is 6.35. The fraction of sp³-hybridized carbons (Fsp3) is 0.467. The molecular weight excluding hydrogens is 262 g/mol. The normalized spacial score (nSPS) is 13.3. The van der Waals surface area contributed by atoms with Crippen LogP contribution < -0.4 is 14.8 Å². The quantitative estimate of drug-likeness (QED) is 0.862. The first kappa shape index (κ1) is 15.9. The largest absolute Gasteiger partial charge is 0.493 e. The maximum absolute atomic E-state index is 6.35. The Hall–Kier alpha value is -1.19. The van der Waals surface area contributed by atoms with Crippen molar-refractivity contribution in [3.05, 3.63) is 28.3 Å². The highest BCUT2D eigenvalue weighted by atomic mass is 35.5. The van der Waals surface area contributed by atoms with Gasteiger partial charge in [0.05, 0.1) is 19.2 Å². The highest BCUT2D eigenvalue weighted by Crippen LogP contribution is 2.38. The number of benzene rings is 1. The van der Waals surface area contributed by atoms with Gasteiger partial charge in [0.2, 0.25) is 0 Å². The van der Waals surface area contributed by atoms with Gasteiger partial charge >= 0.3 is 0 Å². The minimum atomic E-state index is 0.314. The van der Waals surface area contributed by atoms with Gasteiger partial charge in [-0.1, -0.05) is 30.2 Å². The molecule has 0 bridgehead atoms. The van der Waals surface area contributed by atoms with Gasteiger partial charge in [-0.15, -0.1) is 0 Å². The average molecular weight is 284 g/mol. The number of hydrogen-bond donors (Lipinski definition) is 1. The van der Waals surface area contributed by atoms with Crippen LogP contribution in [0.4, 0.5) is 0 Å². The molecule has 0 heterocycles. The monoisotopic (exact) mass is 283 g/mol. The molecule has 0 aromatic heterocycles. The van der Waals surface area contributed by atoms with E-state index in [1.165, 1.54) is 5.57 Å². The highest BCUT2D eigenvalue weighted by molar-refractivity contribution is 6.33. The Morgan fingerprint density at radius 1 is 1.37 bits per heavy atom. The number of hydrogen-bond acceptors (Lipinski definition) is 3. The van der Waals surface area contributed by atoms with E-state index in [9.17, 15) is 0 Å². The van der Waals surface area contributed by atoms with E-state index >= 15 is 0 Å². The minimum absolute atomic E-state index is 0.314. The third-order valence-electron chi connectivity index (χ3n) is 3.09. The molecule has 0 saturated heterocycles. The molecule has 0 amide bonds. The van der Waals surface area contributed by atoms with E-state index in [2.05, 4.69) is 32.2 Å². The molecule has 0 spiro atoms. The Kier molecular flexibility index (Phi) is 6.19. The molecule has 1 rings (SSSR count). The highest BCUT2D eigenvalue weighted by Gasteiger charge is 2.12. The first-order valence-electron chi connectivity index (χ1n) is 6.37. The number of halogens is 1. The van der Waals surface area contributed by atoms with Crippen molar-refractivity contribution in [3.8, 4) is 11.5 Å². The zero-order chi connectivity index (χ0) is 14.4. The number of rotatable bonds is 6. The lowest BCUT2D eigenvalue weighted by Gasteiger charge is -2.15. The minimum Gasteiger partial charge on any atom is -0.493 e. The smallest absolute Gasteiger partial charge is 0.179 e. The molecule has 0 aliphatic heterocycles. The molecule has 1 atom stereocenters. The van der Waals surface area contributed by atoms with E-state index in [1.54, 1.807) is 14.2 Å². The standard InChI is InChI=1S/C15H22ClNO2/c1-6-17-11(3)10(2)9-12-7-8-13(18-4)15(19-5)14(12)16/h7-9,11,17H,6H2,1-5H3/b10-9+. The summed E-state index contributed by atoms with van der Waals surface area (Å²) in [5.74, 6) is 1.21. The summed E-state index contributed by atoms with van der Waals surface area (Å²) in [4.78, 5) is 0. The van der Waals surface area contributed by atoms with Gasteiger partial charge in [0.15, 0.2) is 11.5 Å². The molecule has 19 heavy (non-hydrogen) atoms. The van der Waals surface area contributed by atoms with Crippen molar-refractivity contribution < 1.29 is 9.47 Å². The molecule has 3 nitrogen and oxygen atoms in total. The molecule has 1 N–H and O–H groups in total. The Morgan fingerprint density at radius 2 is 2.05 bits per heavy atom. The van der Waals surface area contributed by atoms with Crippen LogP contribution in [0.2, 0.25) is 5.02 Å². The molecule has 1 aromatic rings. The van der Waals surface area contributed by atoms with Crippen LogP contribution in [-0.4, -0.2) is 26.8 Å². The van der Waals surface area contributed by atoms with Crippen molar-refractivity contribution in [2.45, 2.75) is 26.8 Å². The average Bonchev–Trinajstić information content (AvgIpc) is 2.40. The first-order valence-corrected chi connectivity index (χ1v) is 6.75. The molecule has 1 unspecified atom stereocenters. The summed E-state index contributed by atoms with van der Waals surface area (Å²) in [6, 6.07) is 4.11. The van der Waals surface area contributed by atoms with Crippen molar-refractivity contribution in [2.75, 3.05) is 20.8 Å². The van der Waals surface area contributed by atoms with Gasteiger partial charge < -0.3 is 14.8 Å². The number of ether oxygens (including phenoxy) is 2. The van der Waals surface area contributed by atoms with E-state index < -0.39 is 0 Å². The Morgan fingerprint density at radius 3 is 2.58 bits per heavy atom. The Labute approximate surface area is 120 Å². The maximum atomic E-state index is 6.35. The van der Waals surface area contributed by atoms with Crippen LogP contribution in [0.25, 0.3) is 6.08 Å². The van der Waals surface area contributed by atoms with E-state index in [1.807, 2.05) is 12.1 Å². The molecule has 0 radical (unpaired) electrons. The topological polar surface area (TPSA) is 30.5 Å². The number of methoxy groups -OCH3 is 2. The SMILES string of the molecule is CCNC(C)/C(C)=C/c1ccc(OC)c(OC)c1Cl. The Bertz CT molecular complexity index is 458. The second kappa shape index (κ2) is 7.41. The summed E-state index contributed by atoms with van der Waals surface area (Å²) in [5, 5.41) is 3.94. The fourth-order valence-corrected chi connectivity index (χ4v) is 2.14. The molecule has 106 valence electrons. The summed E-state index contributed by atoms with van der Waals surface area (Å²) in [6.45, 7) is 7.24. The van der Waals surface area contributed by atoms with Crippen LogP contribution in [0.5, 0.6) is 11.5 Å². The fourth-order valence-electron chi connectivity index (χ4n) is 1.85. The molecule has 0 fully saturated rings. The van der Waals surface area contributed by atoms with Gasteiger partial charge in [-0.3, -0.25) is 0 Å². The summed E-state index contributed by atoms with van der Waals surface area (Å²) in [5.41, 5.74) is 2.15. The van der Waals surface area contributed by atoms with Crippen LogP contribution in [0.15, 0.2) is 17.7 Å². The lowest BCUT2D eigenvalue weighted by molar-refractivity contribution is 0.355. The van der Waals surface area contributed by atoms with Gasteiger partial charge in [-0.2, -0.15) is 0 Å². The van der Waals surface area contributed by atoms with E-state index in [-0.39, 0.29) is 0 Å². The van der Waals surface area contributed by atoms with Gasteiger partial charge in [0.1, 0.15) is 0 Å². The van der Waals surface area contributed by atoms with E-state index in [0.717, 1.165) is 12.1 Å². The van der Waals surface area contributed by atoms with Gasteiger partial charge in [-0.05, 0) is 38.1 Å². The van der Waals surface area contributed by atoms with Crippen LogP contribution in [0.3, 0.4) is 0 Å². The molecular formula is C15H22ClNO2. The third-order valence-corrected chi connectivity index (χ3v) is 3.48. The van der Waals surface area contributed by atoms with Gasteiger partial charge in [0.25, 0.3) is 0 Å². The van der Waals surface area contributed by atoms with Crippen molar-refractivity contribution in [1.29, 1.82) is 0 Å². The molecule has 0 saturated carbocycles. The summed E-state index contributed by atoms with van der Waals surface area (Å²) < 4.78 is 10.5. The van der Waals surface area contributed by atoms with Gasteiger partial charge in [0, 0.05) is 6.04 Å². The van der Waals surface area contributed by atoms with Crippen LogP contribution in [-0.2, 0) is 0 Å². The second-order valence-electron chi connectivity index (χ2n) is 4.37. The lowest BCUT2D eigenvalue weighted by atomic mass is 10.1. The zero-order valence-corrected chi connectivity index (χ0v) is 13.0. The number of likely N-dealkylation sites (N-methyl/N-ethyl adjacent to an activating group) is 1. The first-order chi connectivity index (χ1) is 9.04. The predicted octanol–water partition coefficient (Wildman–Crippen LogP) is 3.76. The van der Waals surface area contributed by atoms with Crippen molar-refractivity contribution in [1.82, 2.24) is 5.32 Å². The predicted molar refractivity (Wildman–Crippen MR) is 81.3 cm³/mol. The molecule has 0 aliphatic carbocycles. The van der Waals surface area contributed by atoms with E-state index in [0.29, 0.717) is 22.6 Å². The summed E-state index contributed by atoms with van der Waals surface area (Å²) in [6.07, 6.45) is 2.07. The zero-order valence-electron chi connectivity index (χ0n) is 12.2. The van der Waals surface area contributed by atoms with E-state index in [4.69, 9.17) is 21.1 Å². The van der Waals surface area contributed by atoms with Crippen molar-refractivity contribution in [2.24, 2.45) is 0 Å². The van der Waals surface area contributed by atoms with Gasteiger partial charge in [-0.25, -0.2) is 0 Å². The second-order valence-corrected chi connectivity index (χ2v) is 4.75. The molecule has 4 heteroatoms. The lowest BCUT2D eigenvalue weighted by Crippen LogP contribution is -2.26. The van der Waals surface area contributed by atoms with Crippen LogP contribution in [0.1, 0.15) is 26.3 Å². The van der Waals surface area contributed by atoms with Crippen molar-refractivity contribution >= 4 is 17.7 Å². The molecule has 0 aliphatic rings. The van der Waals surface area contributed by atoms with Crippen LogP contribution in [0, 0.1) is 0 Å². The van der Waals surface area contributed by atoms with Crippen molar-refractivity contribution in [3.63, 3.8) is 0 Å².